The molecule has 5 heteroatoms. The predicted molar refractivity (Wildman–Crippen MR) is 87.4 cm³/mol. The molecule has 0 bridgehead atoms. The summed E-state index contributed by atoms with van der Waals surface area (Å²) in [5.41, 5.74) is 0.837. The van der Waals surface area contributed by atoms with Gasteiger partial charge in [0.05, 0.1) is 13.2 Å². The third-order valence-electron chi connectivity index (χ3n) is 4.52. The fourth-order valence-electron chi connectivity index (χ4n) is 3.23. The van der Waals surface area contributed by atoms with Crippen molar-refractivity contribution in [2.75, 3.05) is 39.4 Å². The number of hydrogen-bond donors (Lipinski definition) is 0. The summed E-state index contributed by atoms with van der Waals surface area (Å²) in [7, 11) is 0. The Morgan fingerprint density at radius 3 is 2.70 bits per heavy atom. The van der Waals surface area contributed by atoms with Crippen LogP contribution < -0.4 is 0 Å². The first kappa shape index (κ1) is 16.1. The van der Waals surface area contributed by atoms with E-state index in [1.165, 1.54) is 12.1 Å². The number of rotatable bonds is 4. The molecule has 1 aromatic carbocycles. The second-order valence-corrected chi connectivity index (χ2v) is 6.13. The highest BCUT2D eigenvalue weighted by Gasteiger charge is 2.29. The SMILES string of the molecule is O=C(/C=C\c1ccc(F)cc1)N1CCC[C@@H]1CN1CCOCC1. The number of amides is 1. The van der Waals surface area contributed by atoms with E-state index in [4.69, 9.17) is 4.74 Å². The van der Waals surface area contributed by atoms with Crippen molar-refractivity contribution in [2.45, 2.75) is 18.9 Å². The molecule has 0 spiro atoms. The van der Waals surface area contributed by atoms with Gasteiger partial charge in [-0.05, 0) is 36.6 Å². The molecule has 124 valence electrons. The van der Waals surface area contributed by atoms with Crippen LogP contribution in [0.25, 0.3) is 6.08 Å². The molecule has 3 rings (SSSR count). The zero-order valence-electron chi connectivity index (χ0n) is 13.3. The predicted octanol–water partition coefficient (Wildman–Crippen LogP) is 2.16. The zero-order valence-corrected chi connectivity index (χ0v) is 13.3. The van der Waals surface area contributed by atoms with E-state index in [-0.39, 0.29) is 11.7 Å². The van der Waals surface area contributed by atoms with E-state index >= 15 is 0 Å². The molecule has 0 N–H and O–H groups in total. The highest BCUT2D eigenvalue weighted by molar-refractivity contribution is 5.92. The lowest BCUT2D eigenvalue weighted by molar-refractivity contribution is -0.127. The molecule has 23 heavy (non-hydrogen) atoms. The van der Waals surface area contributed by atoms with Gasteiger partial charge in [0.15, 0.2) is 0 Å². The molecule has 2 fully saturated rings. The van der Waals surface area contributed by atoms with Crippen LogP contribution in [0.4, 0.5) is 4.39 Å². The van der Waals surface area contributed by atoms with Crippen LogP contribution in [0.15, 0.2) is 30.3 Å². The molecule has 2 aliphatic heterocycles. The number of halogens is 1. The van der Waals surface area contributed by atoms with Crippen LogP contribution in [-0.2, 0) is 9.53 Å². The highest BCUT2D eigenvalue weighted by Crippen LogP contribution is 2.19. The molecule has 0 aliphatic carbocycles. The molecule has 2 heterocycles. The summed E-state index contributed by atoms with van der Waals surface area (Å²) in [6.07, 6.45) is 5.48. The van der Waals surface area contributed by atoms with Crippen molar-refractivity contribution in [3.63, 3.8) is 0 Å². The molecule has 0 saturated carbocycles. The van der Waals surface area contributed by atoms with Gasteiger partial charge < -0.3 is 9.64 Å². The van der Waals surface area contributed by atoms with E-state index in [1.807, 2.05) is 4.90 Å². The average molecular weight is 318 g/mol. The number of carbonyl (C=O) groups excluding carboxylic acids is 1. The Balaban J connectivity index is 1.57. The van der Waals surface area contributed by atoms with Crippen LogP contribution in [0, 0.1) is 5.82 Å². The molecule has 4 nitrogen and oxygen atoms in total. The molecule has 2 saturated heterocycles. The van der Waals surface area contributed by atoms with E-state index in [0.29, 0.717) is 6.04 Å². The van der Waals surface area contributed by atoms with Crippen LogP contribution in [0.5, 0.6) is 0 Å². The van der Waals surface area contributed by atoms with Crippen molar-refractivity contribution >= 4 is 12.0 Å². The minimum absolute atomic E-state index is 0.0464. The average Bonchev–Trinajstić information content (AvgIpc) is 3.03. The van der Waals surface area contributed by atoms with Gasteiger partial charge in [-0.3, -0.25) is 9.69 Å². The van der Waals surface area contributed by atoms with Crippen LogP contribution in [-0.4, -0.2) is 61.1 Å². The van der Waals surface area contributed by atoms with Crippen LogP contribution in [0.3, 0.4) is 0 Å². The maximum Gasteiger partial charge on any atom is 0.246 e. The Kier molecular flexibility index (Phi) is 5.41. The van der Waals surface area contributed by atoms with Crippen molar-refractivity contribution in [3.8, 4) is 0 Å². The molecule has 1 aromatic rings. The standard InChI is InChI=1S/C18H23FN2O2/c19-16-6-3-15(4-7-16)5-8-18(22)21-9-1-2-17(21)14-20-10-12-23-13-11-20/h3-8,17H,1-2,9-14H2/b8-5-/t17-/m1/s1. The second kappa shape index (κ2) is 7.70. The van der Waals surface area contributed by atoms with E-state index in [0.717, 1.165) is 57.8 Å². The largest absolute Gasteiger partial charge is 0.379 e. The minimum Gasteiger partial charge on any atom is -0.379 e. The number of morpholine rings is 1. The lowest BCUT2D eigenvalue weighted by Gasteiger charge is -2.32. The topological polar surface area (TPSA) is 32.8 Å². The molecule has 2 aliphatic rings. The molecule has 1 atom stereocenters. The number of likely N-dealkylation sites (tertiary alicyclic amines) is 1. The Morgan fingerprint density at radius 1 is 1.22 bits per heavy atom. The van der Waals surface area contributed by atoms with E-state index in [9.17, 15) is 9.18 Å². The lowest BCUT2D eigenvalue weighted by Crippen LogP contribution is -2.46. The van der Waals surface area contributed by atoms with Gasteiger partial charge in [0, 0.05) is 38.3 Å². The van der Waals surface area contributed by atoms with Crippen molar-refractivity contribution in [2.24, 2.45) is 0 Å². The Labute approximate surface area is 136 Å². The maximum absolute atomic E-state index is 12.9. The number of carbonyl (C=O) groups is 1. The van der Waals surface area contributed by atoms with Gasteiger partial charge >= 0.3 is 0 Å². The summed E-state index contributed by atoms with van der Waals surface area (Å²) < 4.78 is 18.3. The number of nitrogens with zero attached hydrogens (tertiary/aromatic N) is 2. The summed E-state index contributed by atoms with van der Waals surface area (Å²) in [6, 6.07) is 6.45. The van der Waals surface area contributed by atoms with Crippen molar-refractivity contribution < 1.29 is 13.9 Å². The molecular weight excluding hydrogens is 295 g/mol. The Bertz CT molecular complexity index is 553. The summed E-state index contributed by atoms with van der Waals surface area (Å²) >= 11 is 0. The first-order valence-corrected chi connectivity index (χ1v) is 8.27. The van der Waals surface area contributed by atoms with Crippen LogP contribution in [0.1, 0.15) is 18.4 Å². The van der Waals surface area contributed by atoms with Crippen molar-refractivity contribution in [1.29, 1.82) is 0 Å². The van der Waals surface area contributed by atoms with E-state index < -0.39 is 0 Å². The van der Waals surface area contributed by atoms with Gasteiger partial charge in [0.25, 0.3) is 0 Å². The minimum atomic E-state index is -0.265. The van der Waals surface area contributed by atoms with Gasteiger partial charge in [-0.2, -0.15) is 0 Å². The fourth-order valence-corrected chi connectivity index (χ4v) is 3.23. The second-order valence-electron chi connectivity index (χ2n) is 6.13. The summed E-state index contributed by atoms with van der Waals surface area (Å²) in [6.45, 7) is 5.21. The van der Waals surface area contributed by atoms with Crippen LogP contribution in [0.2, 0.25) is 0 Å². The maximum atomic E-state index is 12.9. The summed E-state index contributed by atoms with van der Waals surface area (Å²) in [5.74, 6) is -0.219. The smallest absolute Gasteiger partial charge is 0.246 e. The lowest BCUT2D eigenvalue weighted by atomic mass is 10.2. The monoisotopic (exact) mass is 318 g/mol. The van der Waals surface area contributed by atoms with Gasteiger partial charge in [-0.25, -0.2) is 4.39 Å². The summed E-state index contributed by atoms with van der Waals surface area (Å²) in [4.78, 5) is 16.8. The highest BCUT2D eigenvalue weighted by atomic mass is 19.1. The Hall–Kier alpha value is -1.72. The molecule has 0 radical (unpaired) electrons. The quantitative estimate of drug-likeness (QED) is 0.798. The molecule has 0 unspecified atom stereocenters. The van der Waals surface area contributed by atoms with Crippen molar-refractivity contribution in [1.82, 2.24) is 9.80 Å². The Morgan fingerprint density at radius 2 is 1.96 bits per heavy atom. The number of ether oxygens (including phenoxy) is 1. The zero-order chi connectivity index (χ0) is 16.1. The van der Waals surface area contributed by atoms with Gasteiger partial charge in [-0.1, -0.05) is 12.1 Å². The van der Waals surface area contributed by atoms with E-state index in [1.54, 1.807) is 24.3 Å². The van der Waals surface area contributed by atoms with Gasteiger partial charge in [0.1, 0.15) is 5.82 Å². The fraction of sp³-hybridized carbons (Fsp3) is 0.500. The molecular formula is C18H23FN2O2. The normalized spacial score (nSPS) is 22.8. The van der Waals surface area contributed by atoms with Gasteiger partial charge in [-0.15, -0.1) is 0 Å². The van der Waals surface area contributed by atoms with Gasteiger partial charge in [0.2, 0.25) is 5.91 Å². The van der Waals surface area contributed by atoms with Crippen molar-refractivity contribution in [3.05, 3.63) is 41.7 Å². The van der Waals surface area contributed by atoms with E-state index in [2.05, 4.69) is 4.90 Å². The van der Waals surface area contributed by atoms with Crippen LogP contribution >= 0.6 is 0 Å². The summed E-state index contributed by atoms with van der Waals surface area (Å²) in [5, 5.41) is 0. The third kappa shape index (κ3) is 4.39. The first-order chi connectivity index (χ1) is 11.2. The number of benzene rings is 1. The molecule has 0 aromatic heterocycles. The third-order valence-corrected chi connectivity index (χ3v) is 4.52. The number of hydrogen-bond acceptors (Lipinski definition) is 3. The molecule has 1 amide bonds. The first-order valence-electron chi connectivity index (χ1n) is 8.27.